The van der Waals surface area contributed by atoms with Gasteiger partial charge in [0.1, 0.15) is 22.9 Å². The third-order valence-corrected chi connectivity index (χ3v) is 5.24. The lowest BCUT2D eigenvalue weighted by Crippen LogP contribution is -2.13. The highest BCUT2D eigenvalue weighted by atomic mass is 19.1. The fourth-order valence-corrected chi connectivity index (χ4v) is 3.62. The molecule has 0 atom stereocenters. The number of aromatic hydroxyl groups is 1. The van der Waals surface area contributed by atoms with E-state index in [-0.39, 0.29) is 23.2 Å². The fraction of sp³-hybridized carbons (Fsp3) is 0.320. The first-order chi connectivity index (χ1) is 14.3. The highest BCUT2D eigenvalue weighted by Crippen LogP contribution is 2.38. The summed E-state index contributed by atoms with van der Waals surface area (Å²) in [6, 6.07) is 7.57. The van der Waals surface area contributed by atoms with Gasteiger partial charge in [-0.2, -0.15) is 0 Å². The molecule has 0 spiro atoms. The Kier molecular flexibility index (Phi) is 6.93. The third-order valence-electron chi connectivity index (χ3n) is 5.24. The van der Waals surface area contributed by atoms with Crippen LogP contribution >= 0.6 is 0 Å². The molecule has 0 aliphatic heterocycles. The van der Waals surface area contributed by atoms with Crippen LogP contribution in [0.5, 0.6) is 11.5 Å². The van der Waals surface area contributed by atoms with Crippen molar-refractivity contribution in [2.45, 2.75) is 52.1 Å². The number of hydrogen-bond acceptors (Lipinski definition) is 3. The summed E-state index contributed by atoms with van der Waals surface area (Å²) in [6.45, 7) is 3.90. The van der Waals surface area contributed by atoms with Crippen LogP contribution < -0.4 is 4.74 Å². The molecule has 2 aromatic carbocycles. The normalized spacial score (nSPS) is 14.2. The molecule has 1 aliphatic carbocycles. The molecular weight excluding hydrogens is 383 g/mol. The van der Waals surface area contributed by atoms with Crippen LogP contribution in [0.25, 0.3) is 12.2 Å². The van der Waals surface area contributed by atoms with Crippen molar-refractivity contribution in [1.82, 2.24) is 0 Å². The minimum atomic E-state index is -1.21. The zero-order chi connectivity index (χ0) is 21.7. The summed E-state index contributed by atoms with van der Waals surface area (Å²) in [5.41, 5.74) is 2.46. The summed E-state index contributed by atoms with van der Waals surface area (Å²) in [4.78, 5) is 11.9. The average molecular weight is 410 g/mol. The number of carboxylic acids is 1. The van der Waals surface area contributed by atoms with Crippen molar-refractivity contribution in [2.75, 3.05) is 0 Å². The zero-order valence-electron chi connectivity index (χ0n) is 17.3. The van der Waals surface area contributed by atoms with Gasteiger partial charge in [0.05, 0.1) is 6.10 Å². The molecule has 30 heavy (non-hydrogen) atoms. The van der Waals surface area contributed by atoms with Crippen LogP contribution in [0, 0.1) is 5.82 Å². The number of phenols is 1. The second kappa shape index (κ2) is 9.61. The summed E-state index contributed by atoms with van der Waals surface area (Å²) in [5, 5.41) is 20.6. The van der Waals surface area contributed by atoms with E-state index < -0.39 is 5.97 Å². The minimum absolute atomic E-state index is 0.0689. The van der Waals surface area contributed by atoms with Gasteiger partial charge in [0.2, 0.25) is 0 Å². The number of benzene rings is 2. The van der Waals surface area contributed by atoms with E-state index in [0.29, 0.717) is 23.3 Å². The SMILES string of the molecule is CC(C)=CCc1c(OC2CCCC2)cc(/C=C/c2ccc(F)cc2)c(C(=O)O)c1O. The van der Waals surface area contributed by atoms with Gasteiger partial charge in [-0.1, -0.05) is 35.9 Å². The molecule has 2 aromatic rings. The van der Waals surface area contributed by atoms with Gasteiger partial charge in [0, 0.05) is 5.56 Å². The Morgan fingerprint density at radius 3 is 2.43 bits per heavy atom. The number of allylic oxidation sites excluding steroid dienone is 2. The van der Waals surface area contributed by atoms with Crippen molar-refractivity contribution in [3.63, 3.8) is 0 Å². The Balaban J connectivity index is 2.07. The number of rotatable bonds is 7. The molecule has 0 bridgehead atoms. The molecule has 0 aromatic heterocycles. The van der Waals surface area contributed by atoms with E-state index in [2.05, 4.69) is 0 Å². The Labute approximate surface area is 176 Å². The molecule has 1 saturated carbocycles. The molecule has 158 valence electrons. The molecule has 1 fully saturated rings. The predicted molar refractivity (Wildman–Crippen MR) is 116 cm³/mol. The first kappa shape index (κ1) is 21.6. The largest absolute Gasteiger partial charge is 0.507 e. The third kappa shape index (κ3) is 5.29. The second-order valence-corrected chi connectivity index (χ2v) is 7.87. The van der Waals surface area contributed by atoms with Gasteiger partial charge in [-0.15, -0.1) is 0 Å². The topological polar surface area (TPSA) is 66.8 Å². The van der Waals surface area contributed by atoms with E-state index in [1.165, 1.54) is 12.1 Å². The maximum atomic E-state index is 13.1. The quantitative estimate of drug-likeness (QED) is 0.419. The first-order valence-electron chi connectivity index (χ1n) is 10.2. The Morgan fingerprint density at radius 1 is 1.17 bits per heavy atom. The molecule has 0 heterocycles. The Hall–Kier alpha value is -3.08. The summed E-state index contributed by atoms with van der Waals surface area (Å²) < 4.78 is 19.3. The Bertz CT molecular complexity index is 964. The smallest absolute Gasteiger partial charge is 0.340 e. The van der Waals surface area contributed by atoms with E-state index in [9.17, 15) is 19.4 Å². The van der Waals surface area contributed by atoms with E-state index in [1.54, 1.807) is 30.4 Å². The van der Waals surface area contributed by atoms with Gasteiger partial charge in [0.15, 0.2) is 0 Å². The van der Waals surface area contributed by atoms with Gasteiger partial charge in [0.25, 0.3) is 0 Å². The van der Waals surface area contributed by atoms with E-state index >= 15 is 0 Å². The monoisotopic (exact) mass is 410 g/mol. The van der Waals surface area contributed by atoms with Crippen LogP contribution in [0.3, 0.4) is 0 Å². The van der Waals surface area contributed by atoms with Crippen LogP contribution in [-0.2, 0) is 6.42 Å². The average Bonchev–Trinajstić information content (AvgIpc) is 3.19. The number of carboxylic acid groups (broad SMARTS) is 1. The van der Waals surface area contributed by atoms with Gasteiger partial charge >= 0.3 is 5.97 Å². The summed E-state index contributed by atoms with van der Waals surface area (Å²) in [7, 11) is 0. The molecule has 0 amide bonds. The van der Waals surface area contributed by atoms with Crippen molar-refractivity contribution < 1.29 is 24.1 Å². The number of aromatic carboxylic acids is 1. The molecule has 5 heteroatoms. The predicted octanol–water partition coefficient (Wildman–Crippen LogP) is 6.23. The molecule has 4 nitrogen and oxygen atoms in total. The molecule has 0 unspecified atom stereocenters. The number of hydrogen-bond donors (Lipinski definition) is 2. The first-order valence-corrected chi connectivity index (χ1v) is 10.2. The molecule has 3 rings (SSSR count). The van der Waals surface area contributed by atoms with Gasteiger partial charge < -0.3 is 14.9 Å². The van der Waals surface area contributed by atoms with Crippen molar-refractivity contribution in [1.29, 1.82) is 0 Å². The van der Waals surface area contributed by atoms with Crippen LogP contribution in [0.2, 0.25) is 0 Å². The lowest BCUT2D eigenvalue weighted by atomic mass is 9.97. The summed E-state index contributed by atoms with van der Waals surface area (Å²) in [5.74, 6) is -1.31. The molecule has 0 radical (unpaired) electrons. The number of ether oxygens (including phenoxy) is 1. The van der Waals surface area contributed by atoms with Crippen LogP contribution in [0.15, 0.2) is 42.0 Å². The van der Waals surface area contributed by atoms with Crippen LogP contribution in [-0.4, -0.2) is 22.3 Å². The molecule has 0 saturated heterocycles. The molecule has 2 N–H and O–H groups in total. The highest BCUT2D eigenvalue weighted by molar-refractivity contribution is 5.97. The van der Waals surface area contributed by atoms with E-state index in [1.807, 2.05) is 19.9 Å². The van der Waals surface area contributed by atoms with E-state index in [0.717, 1.165) is 36.8 Å². The molecule has 1 aliphatic rings. The van der Waals surface area contributed by atoms with Crippen LogP contribution in [0.1, 0.15) is 66.6 Å². The summed E-state index contributed by atoms with van der Waals surface area (Å²) in [6.07, 6.45) is 9.80. The van der Waals surface area contributed by atoms with Crippen molar-refractivity contribution >= 4 is 18.1 Å². The molecular formula is C25H27FO4. The van der Waals surface area contributed by atoms with Gasteiger partial charge in [-0.3, -0.25) is 0 Å². The van der Waals surface area contributed by atoms with Gasteiger partial charge in [-0.05, 0) is 75.3 Å². The zero-order valence-corrected chi connectivity index (χ0v) is 17.3. The summed E-state index contributed by atoms with van der Waals surface area (Å²) >= 11 is 0. The minimum Gasteiger partial charge on any atom is -0.507 e. The maximum Gasteiger partial charge on any atom is 0.340 e. The number of carbonyl (C=O) groups is 1. The fourth-order valence-electron chi connectivity index (χ4n) is 3.62. The standard InChI is InChI=1S/C25H27FO4/c1-16(2)7-14-21-22(30-20-5-3-4-6-20)15-18(23(24(21)27)25(28)29)11-8-17-9-12-19(26)13-10-17/h7-13,15,20,27H,3-6,14H2,1-2H3,(H,28,29)/b11-8+. The number of halogens is 1. The van der Waals surface area contributed by atoms with Crippen molar-refractivity contribution in [3.8, 4) is 11.5 Å². The Morgan fingerprint density at radius 2 is 1.83 bits per heavy atom. The van der Waals surface area contributed by atoms with Crippen molar-refractivity contribution in [3.05, 3.63) is 70.1 Å². The lowest BCUT2D eigenvalue weighted by molar-refractivity contribution is 0.0693. The van der Waals surface area contributed by atoms with Crippen LogP contribution in [0.4, 0.5) is 4.39 Å². The highest BCUT2D eigenvalue weighted by Gasteiger charge is 2.24. The maximum absolute atomic E-state index is 13.1. The van der Waals surface area contributed by atoms with Gasteiger partial charge in [-0.25, -0.2) is 9.18 Å². The van der Waals surface area contributed by atoms with Crippen molar-refractivity contribution in [2.24, 2.45) is 0 Å². The second-order valence-electron chi connectivity index (χ2n) is 7.87. The lowest BCUT2D eigenvalue weighted by Gasteiger charge is -2.19. The van der Waals surface area contributed by atoms with E-state index in [4.69, 9.17) is 4.74 Å².